The molecule has 2 amide bonds. The summed E-state index contributed by atoms with van der Waals surface area (Å²) < 4.78 is 31.3. The van der Waals surface area contributed by atoms with Crippen LogP contribution in [0.4, 0.5) is 8.78 Å². The van der Waals surface area contributed by atoms with E-state index in [-0.39, 0.29) is 30.3 Å². The minimum atomic E-state index is -3.02. The van der Waals surface area contributed by atoms with Gasteiger partial charge in [-0.1, -0.05) is 12.1 Å². The van der Waals surface area contributed by atoms with Crippen LogP contribution in [0.5, 0.6) is 5.75 Å². The molecule has 0 unspecified atom stereocenters. The highest BCUT2D eigenvalue weighted by Gasteiger charge is 2.29. The van der Waals surface area contributed by atoms with Gasteiger partial charge >= 0.3 is 6.61 Å². The third-order valence-corrected chi connectivity index (χ3v) is 4.97. The molecule has 0 atom stereocenters. The summed E-state index contributed by atoms with van der Waals surface area (Å²) in [6, 6.07) is 7.63. The van der Waals surface area contributed by atoms with Gasteiger partial charge in [0.1, 0.15) is 11.3 Å². The number of aryl methyl sites for hydroxylation is 1. The SMILES string of the molecule is Cc1nn2cccnc2c1C(=O)N1CCN(C(=O)c2ccccc2OC(F)F)CC1. The zero-order valence-electron chi connectivity index (χ0n) is 16.2. The molecule has 30 heavy (non-hydrogen) atoms. The van der Waals surface area contributed by atoms with Crippen molar-refractivity contribution in [2.45, 2.75) is 13.5 Å². The lowest BCUT2D eigenvalue weighted by Crippen LogP contribution is -2.50. The predicted octanol–water partition coefficient (Wildman–Crippen LogP) is 2.24. The van der Waals surface area contributed by atoms with E-state index in [1.54, 1.807) is 40.9 Å². The van der Waals surface area contributed by atoms with Crippen LogP contribution in [-0.4, -0.2) is 69.0 Å². The van der Waals surface area contributed by atoms with Gasteiger partial charge < -0.3 is 14.5 Å². The van der Waals surface area contributed by atoms with Gasteiger partial charge in [0.15, 0.2) is 5.65 Å². The molecule has 1 aliphatic heterocycles. The summed E-state index contributed by atoms with van der Waals surface area (Å²) in [5.74, 6) is -0.772. The standard InChI is InChI=1S/C20H19F2N5O3/c1-13-16(17-23-7-4-8-27(17)24-13)19(29)26-11-9-25(10-12-26)18(28)14-5-2-3-6-15(14)30-20(21)22/h2-8,20H,9-12H2,1H3. The van der Waals surface area contributed by atoms with Crippen molar-refractivity contribution in [3.8, 4) is 5.75 Å². The molecule has 4 rings (SSSR count). The first-order valence-corrected chi connectivity index (χ1v) is 9.38. The lowest BCUT2D eigenvalue weighted by atomic mass is 10.1. The summed E-state index contributed by atoms with van der Waals surface area (Å²) in [5.41, 5.74) is 1.57. The molecule has 1 aliphatic rings. The van der Waals surface area contributed by atoms with Gasteiger partial charge in [0.05, 0.1) is 11.3 Å². The number of nitrogens with zero attached hydrogens (tertiary/aromatic N) is 5. The molecule has 0 radical (unpaired) electrons. The number of hydrogen-bond donors (Lipinski definition) is 0. The van der Waals surface area contributed by atoms with Crippen LogP contribution in [0.15, 0.2) is 42.7 Å². The van der Waals surface area contributed by atoms with Crippen LogP contribution in [0.3, 0.4) is 0 Å². The summed E-state index contributed by atoms with van der Waals surface area (Å²) in [6.07, 6.45) is 3.32. The summed E-state index contributed by atoms with van der Waals surface area (Å²) in [4.78, 5) is 33.3. The largest absolute Gasteiger partial charge is 0.434 e. The molecule has 0 spiro atoms. The van der Waals surface area contributed by atoms with E-state index in [0.717, 1.165) is 0 Å². The molecule has 2 aromatic heterocycles. The quantitative estimate of drug-likeness (QED) is 0.653. The summed E-state index contributed by atoms with van der Waals surface area (Å²) in [5, 5.41) is 4.31. The maximum absolute atomic E-state index is 13.0. The smallest absolute Gasteiger partial charge is 0.387 e. The molecule has 1 aromatic carbocycles. The number of piperazine rings is 1. The van der Waals surface area contributed by atoms with Crippen LogP contribution in [-0.2, 0) is 0 Å². The van der Waals surface area contributed by atoms with Crippen LogP contribution in [0, 0.1) is 6.92 Å². The molecule has 0 N–H and O–H groups in total. The Morgan fingerprint density at radius 2 is 1.70 bits per heavy atom. The van der Waals surface area contributed by atoms with Crippen molar-refractivity contribution in [1.82, 2.24) is 24.4 Å². The Labute approximate surface area is 170 Å². The number of amides is 2. The molecule has 0 bridgehead atoms. The Morgan fingerprint density at radius 1 is 1.03 bits per heavy atom. The number of hydrogen-bond acceptors (Lipinski definition) is 5. The Kier molecular flexibility index (Phi) is 5.30. The van der Waals surface area contributed by atoms with Crippen molar-refractivity contribution in [3.05, 3.63) is 59.5 Å². The highest BCUT2D eigenvalue weighted by Crippen LogP contribution is 2.23. The third kappa shape index (κ3) is 3.68. The topological polar surface area (TPSA) is 80.0 Å². The van der Waals surface area contributed by atoms with Crippen LogP contribution in [0.25, 0.3) is 5.65 Å². The summed E-state index contributed by atoms with van der Waals surface area (Å²) in [7, 11) is 0. The molecular formula is C20H19F2N5O3. The highest BCUT2D eigenvalue weighted by atomic mass is 19.3. The number of ether oxygens (including phenoxy) is 1. The van der Waals surface area contributed by atoms with E-state index in [0.29, 0.717) is 30.0 Å². The van der Waals surface area contributed by atoms with E-state index in [1.165, 1.54) is 23.1 Å². The molecule has 0 aliphatic carbocycles. The van der Waals surface area contributed by atoms with Crippen LogP contribution >= 0.6 is 0 Å². The Bertz CT molecular complexity index is 1090. The number of carbonyl (C=O) groups excluding carboxylic acids is 2. The Hall–Kier alpha value is -3.56. The monoisotopic (exact) mass is 415 g/mol. The number of alkyl halides is 2. The minimum absolute atomic E-state index is 0.0697. The van der Waals surface area contributed by atoms with Crippen molar-refractivity contribution in [2.75, 3.05) is 26.2 Å². The van der Waals surface area contributed by atoms with Crippen LogP contribution in [0.1, 0.15) is 26.4 Å². The maximum Gasteiger partial charge on any atom is 0.387 e. The highest BCUT2D eigenvalue weighted by molar-refractivity contribution is 6.01. The molecule has 3 heterocycles. The number of fused-ring (bicyclic) bond motifs is 1. The van der Waals surface area contributed by atoms with Gasteiger partial charge in [-0.25, -0.2) is 9.50 Å². The number of aromatic nitrogens is 3. The number of para-hydroxylation sites is 1. The first kappa shape index (κ1) is 19.7. The fourth-order valence-electron chi connectivity index (χ4n) is 3.53. The normalized spacial score (nSPS) is 14.4. The van der Waals surface area contributed by atoms with Crippen molar-refractivity contribution in [1.29, 1.82) is 0 Å². The second-order valence-electron chi connectivity index (χ2n) is 6.81. The third-order valence-electron chi connectivity index (χ3n) is 4.97. The molecule has 3 aromatic rings. The van der Waals surface area contributed by atoms with Crippen molar-refractivity contribution < 1.29 is 23.1 Å². The zero-order valence-corrected chi connectivity index (χ0v) is 16.2. The molecule has 10 heteroatoms. The fourth-order valence-corrected chi connectivity index (χ4v) is 3.53. The molecule has 0 saturated carbocycles. The van der Waals surface area contributed by atoms with Crippen molar-refractivity contribution >= 4 is 17.5 Å². The molecule has 1 fully saturated rings. The second kappa shape index (κ2) is 8.05. The number of rotatable bonds is 4. The van der Waals surface area contributed by atoms with E-state index in [9.17, 15) is 18.4 Å². The van der Waals surface area contributed by atoms with Crippen LogP contribution < -0.4 is 4.74 Å². The predicted molar refractivity (Wildman–Crippen MR) is 103 cm³/mol. The number of benzene rings is 1. The molecule has 8 nitrogen and oxygen atoms in total. The molecule has 156 valence electrons. The van der Waals surface area contributed by atoms with Gasteiger partial charge in [-0.15, -0.1) is 0 Å². The number of carbonyl (C=O) groups is 2. The van der Waals surface area contributed by atoms with Gasteiger partial charge in [0, 0.05) is 38.6 Å². The van der Waals surface area contributed by atoms with Gasteiger partial charge in [-0.05, 0) is 25.1 Å². The lowest BCUT2D eigenvalue weighted by molar-refractivity contribution is -0.0503. The molecule has 1 saturated heterocycles. The van der Waals surface area contributed by atoms with Gasteiger partial charge in [-0.3, -0.25) is 9.59 Å². The van der Waals surface area contributed by atoms with Gasteiger partial charge in [0.25, 0.3) is 11.8 Å². The number of halogens is 2. The first-order chi connectivity index (χ1) is 14.5. The van der Waals surface area contributed by atoms with Gasteiger partial charge in [-0.2, -0.15) is 13.9 Å². The molecular weight excluding hydrogens is 396 g/mol. The lowest BCUT2D eigenvalue weighted by Gasteiger charge is -2.35. The van der Waals surface area contributed by atoms with E-state index < -0.39 is 12.5 Å². The first-order valence-electron chi connectivity index (χ1n) is 9.38. The summed E-state index contributed by atoms with van der Waals surface area (Å²) in [6.45, 7) is -0.0886. The average molecular weight is 415 g/mol. The van der Waals surface area contributed by atoms with Crippen LogP contribution in [0.2, 0.25) is 0 Å². The zero-order chi connectivity index (χ0) is 21.3. The second-order valence-corrected chi connectivity index (χ2v) is 6.81. The van der Waals surface area contributed by atoms with E-state index in [2.05, 4.69) is 14.8 Å². The fraction of sp³-hybridized carbons (Fsp3) is 0.300. The van der Waals surface area contributed by atoms with Crippen molar-refractivity contribution in [3.63, 3.8) is 0 Å². The average Bonchev–Trinajstić information content (AvgIpc) is 3.08. The van der Waals surface area contributed by atoms with E-state index in [4.69, 9.17) is 0 Å². The van der Waals surface area contributed by atoms with E-state index >= 15 is 0 Å². The summed E-state index contributed by atoms with van der Waals surface area (Å²) >= 11 is 0. The Balaban J connectivity index is 1.47. The maximum atomic E-state index is 13.0. The Morgan fingerprint density at radius 3 is 2.40 bits per heavy atom. The van der Waals surface area contributed by atoms with Crippen molar-refractivity contribution in [2.24, 2.45) is 0 Å². The van der Waals surface area contributed by atoms with Gasteiger partial charge in [0.2, 0.25) is 0 Å². The minimum Gasteiger partial charge on any atom is -0.434 e. The van der Waals surface area contributed by atoms with E-state index in [1.807, 2.05) is 0 Å².